The van der Waals surface area contributed by atoms with Crippen molar-refractivity contribution in [1.82, 2.24) is 0 Å². The highest BCUT2D eigenvalue weighted by atomic mass is 31.2. The lowest BCUT2D eigenvalue weighted by atomic mass is 10.0. The first-order valence-corrected chi connectivity index (χ1v) is 29.5. The van der Waals surface area contributed by atoms with Gasteiger partial charge in [-0.25, -0.2) is 4.57 Å². The number of carboxylic acid groups (broad SMARTS) is 1. The molecule has 3 unspecified atom stereocenters. The smallest absolute Gasteiger partial charge is 0.472 e. The van der Waals surface area contributed by atoms with Crippen molar-refractivity contribution in [2.45, 2.75) is 257 Å². The predicted molar refractivity (Wildman–Crippen MR) is 290 cm³/mol. The SMILES string of the molecule is CC/C=C\C/C=C\C/C=C\C/C=C\C/C=C\C/C=C\CCCCCCC(=O)OC(COCCCCCCCCCCCCCCCCCCCCCCCCCC)COP(=O)(O)OCC(N)C(=O)O. The number of esters is 1. The molecule has 10 nitrogen and oxygen atoms in total. The Kier molecular flexibility index (Phi) is 51.2. The van der Waals surface area contributed by atoms with Crippen LogP contribution in [0.25, 0.3) is 0 Å². The zero-order valence-electron chi connectivity index (χ0n) is 44.1. The minimum atomic E-state index is -4.64. The van der Waals surface area contributed by atoms with Gasteiger partial charge in [0.05, 0.1) is 19.8 Å². The number of phosphoric ester groups is 1. The molecule has 400 valence electrons. The lowest BCUT2D eigenvalue weighted by Crippen LogP contribution is -2.34. The number of carbonyl (C=O) groups excluding carboxylic acids is 1. The van der Waals surface area contributed by atoms with Gasteiger partial charge in [0.25, 0.3) is 0 Å². The van der Waals surface area contributed by atoms with Gasteiger partial charge in [0.2, 0.25) is 0 Å². The Morgan fingerprint density at radius 1 is 0.478 bits per heavy atom. The predicted octanol–water partition coefficient (Wildman–Crippen LogP) is 16.9. The standard InChI is InChI=1S/C58H104NO9P/c1-3-5-7-9-11-13-15-17-19-21-23-25-27-29-31-33-35-37-39-41-43-45-47-49-51-65-52-55(53-66-69(63,64)67-54-56(59)58(61)62)68-57(60)50-48-46-44-42-40-38-36-34-32-30-28-26-24-22-20-18-16-14-12-10-8-6-4-2/h6,8,12,14,18,20,24,26,30,32,36,38,55-56H,3-5,7,9-11,13,15-17,19,21-23,25,27-29,31,33-35,37,39-54,59H2,1-2H3,(H,61,62)(H,63,64)/b8-6-,14-12-,20-18-,26-24-,32-30-,38-36-. The lowest BCUT2D eigenvalue weighted by Gasteiger charge is -2.20. The number of allylic oxidation sites excluding steroid dienone is 12. The van der Waals surface area contributed by atoms with Gasteiger partial charge in [-0.2, -0.15) is 0 Å². The minimum absolute atomic E-state index is 0.00565. The Balaban J connectivity index is 4.14. The monoisotopic (exact) mass is 990 g/mol. The Morgan fingerprint density at radius 2 is 0.841 bits per heavy atom. The largest absolute Gasteiger partial charge is 0.480 e. The first-order valence-electron chi connectivity index (χ1n) is 28.0. The third kappa shape index (κ3) is 53.1. The molecule has 0 aliphatic heterocycles. The Hall–Kier alpha value is -2.59. The molecule has 0 amide bonds. The van der Waals surface area contributed by atoms with E-state index in [0.29, 0.717) is 13.0 Å². The molecule has 0 aromatic carbocycles. The fraction of sp³-hybridized carbons (Fsp3) is 0.759. The summed E-state index contributed by atoms with van der Waals surface area (Å²) in [7, 11) is -4.64. The highest BCUT2D eigenvalue weighted by Crippen LogP contribution is 2.43. The third-order valence-electron chi connectivity index (χ3n) is 12.0. The van der Waals surface area contributed by atoms with Crippen LogP contribution in [0.4, 0.5) is 0 Å². The second kappa shape index (κ2) is 53.2. The molecule has 69 heavy (non-hydrogen) atoms. The van der Waals surface area contributed by atoms with Gasteiger partial charge in [-0.3, -0.25) is 18.6 Å². The second-order valence-corrected chi connectivity index (χ2v) is 20.1. The highest BCUT2D eigenvalue weighted by molar-refractivity contribution is 7.47. The van der Waals surface area contributed by atoms with Crippen molar-refractivity contribution in [3.63, 3.8) is 0 Å². The van der Waals surface area contributed by atoms with E-state index in [0.717, 1.165) is 83.5 Å². The van der Waals surface area contributed by atoms with Crippen molar-refractivity contribution < 1.29 is 42.7 Å². The number of rotatable bonds is 53. The average Bonchev–Trinajstić information content (AvgIpc) is 3.33. The summed E-state index contributed by atoms with van der Waals surface area (Å²) >= 11 is 0. The van der Waals surface area contributed by atoms with Gasteiger partial charge >= 0.3 is 19.8 Å². The summed E-state index contributed by atoms with van der Waals surface area (Å²) in [5.41, 5.74) is 5.38. The number of ether oxygens (including phenoxy) is 2. The van der Waals surface area contributed by atoms with Crippen LogP contribution in [0, 0.1) is 0 Å². The fourth-order valence-electron chi connectivity index (χ4n) is 7.73. The number of hydrogen-bond acceptors (Lipinski definition) is 8. The van der Waals surface area contributed by atoms with Gasteiger partial charge in [0.1, 0.15) is 12.1 Å². The van der Waals surface area contributed by atoms with Crippen LogP contribution in [0.15, 0.2) is 72.9 Å². The van der Waals surface area contributed by atoms with E-state index in [2.05, 4.69) is 86.8 Å². The molecule has 0 saturated carbocycles. The number of phosphoric acid groups is 1. The minimum Gasteiger partial charge on any atom is -0.480 e. The number of aliphatic carboxylic acids is 1. The van der Waals surface area contributed by atoms with Crippen LogP contribution >= 0.6 is 7.82 Å². The van der Waals surface area contributed by atoms with E-state index in [1.165, 1.54) is 135 Å². The molecule has 0 radical (unpaired) electrons. The molecule has 0 fully saturated rings. The normalized spacial score (nSPS) is 14.1. The topological polar surface area (TPSA) is 155 Å². The van der Waals surface area contributed by atoms with Crippen molar-refractivity contribution in [2.24, 2.45) is 5.73 Å². The van der Waals surface area contributed by atoms with E-state index in [-0.39, 0.29) is 13.0 Å². The fourth-order valence-corrected chi connectivity index (χ4v) is 8.51. The summed E-state index contributed by atoms with van der Waals surface area (Å²) in [4.78, 5) is 33.8. The number of carbonyl (C=O) groups is 2. The van der Waals surface area contributed by atoms with Gasteiger partial charge in [0, 0.05) is 13.0 Å². The van der Waals surface area contributed by atoms with E-state index in [1.807, 2.05) is 0 Å². The van der Waals surface area contributed by atoms with Crippen LogP contribution in [0.2, 0.25) is 0 Å². The number of hydrogen-bond donors (Lipinski definition) is 3. The van der Waals surface area contributed by atoms with E-state index in [1.54, 1.807) is 0 Å². The van der Waals surface area contributed by atoms with E-state index < -0.39 is 45.1 Å². The van der Waals surface area contributed by atoms with Crippen molar-refractivity contribution in [3.8, 4) is 0 Å². The molecule has 0 spiro atoms. The summed E-state index contributed by atoms with van der Waals surface area (Å²) in [6.45, 7) is 3.77. The Labute approximate surface area is 423 Å². The van der Waals surface area contributed by atoms with Crippen molar-refractivity contribution in [2.75, 3.05) is 26.4 Å². The molecule has 11 heteroatoms. The lowest BCUT2D eigenvalue weighted by molar-refractivity contribution is -0.154. The highest BCUT2D eigenvalue weighted by Gasteiger charge is 2.27. The molecule has 0 aliphatic rings. The molecule has 0 aromatic rings. The summed E-state index contributed by atoms with van der Waals surface area (Å²) in [5, 5.41) is 8.95. The van der Waals surface area contributed by atoms with Gasteiger partial charge < -0.3 is 25.2 Å². The molecule has 0 heterocycles. The number of nitrogens with two attached hydrogens (primary N) is 1. The van der Waals surface area contributed by atoms with Crippen LogP contribution in [0.1, 0.15) is 245 Å². The Bertz CT molecular complexity index is 1380. The average molecular weight is 990 g/mol. The van der Waals surface area contributed by atoms with Crippen LogP contribution < -0.4 is 5.73 Å². The van der Waals surface area contributed by atoms with E-state index >= 15 is 0 Å². The molecule has 0 bridgehead atoms. The molecule has 3 atom stereocenters. The van der Waals surface area contributed by atoms with Crippen LogP contribution in [0.3, 0.4) is 0 Å². The first kappa shape index (κ1) is 66.4. The maximum absolute atomic E-state index is 12.7. The van der Waals surface area contributed by atoms with Crippen molar-refractivity contribution >= 4 is 19.8 Å². The molecular weight excluding hydrogens is 886 g/mol. The van der Waals surface area contributed by atoms with Gasteiger partial charge in [0.15, 0.2) is 0 Å². The quantitative estimate of drug-likeness (QED) is 0.0232. The molecule has 0 rings (SSSR count). The zero-order chi connectivity index (χ0) is 50.4. The van der Waals surface area contributed by atoms with Crippen LogP contribution in [0.5, 0.6) is 0 Å². The number of unbranched alkanes of at least 4 members (excludes halogenated alkanes) is 27. The molecule has 0 aliphatic carbocycles. The van der Waals surface area contributed by atoms with Crippen molar-refractivity contribution in [3.05, 3.63) is 72.9 Å². The van der Waals surface area contributed by atoms with Gasteiger partial charge in [-0.1, -0.05) is 247 Å². The summed E-state index contributed by atoms with van der Waals surface area (Å²) in [6.07, 6.45) is 68.3. The van der Waals surface area contributed by atoms with Crippen LogP contribution in [-0.4, -0.2) is 60.5 Å². The zero-order valence-corrected chi connectivity index (χ0v) is 45.0. The molecule has 0 saturated heterocycles. The van der Waals surface area contributed by atoms with Gasteiger partial charge in [-0.15, -0.1) is 0 Å². The maximum atomic E-state index is 12.7. The summed E-state index contributed by atoms with van der Waals surface area (Å²) in [5.74, 6) is -1.80. The van der Waals surface area contributed by atoms with E-state index in [4.69, 9.17) is 29.4 Å². The summed E-state index contributed by atoms with van der Waals surface area (Å²) < 4.78 is 33.6. The van der Waals surface area contributed by atoms with Crippen LogP contribution in [-0.2, 0) is 32.7 Å². The third-order valence-corrected chi connectivity index (χ3v) is 13.0. The molecule has 4 N–H and O–H groups in total. The Morgan fingerprint density at radius 3 is 1.26 bits per heavy atom. The maximum Gasteiger partial charge on any atom is 0.472 e. The summed E-state index contributed by atoms with van der Waals surface area (Å²) in [6, 6.07) is -1.48. The second-order valence-electron chi connectivity index (χ2n) is 18.7. The molecule has 0 aromatic heterocycles. The number of carboxylic acids is 1. The van der Waals surface area contributed by atoms with Crippen molar-refractivity contribution in [1.29, 1.82) is 0 Å². The molecular formula is C58H104NO9P. The first-order chi connectivity index (χ1) is 33.7. The van der Waals surface area contributed by atoms with E-state index in [9.17, 15) is 19.0 Å². The van der Waals surface area contributed by atoms with Gasteiger partial charge in [-0.05, 0) is 64.2 Å².